The van der Waals surface area contributed by atoms with Crippen molar-refractivity contribution in [1.29, 1.82) is 0 Å². The highest BCUT2D eigenvalue weighted by Crippen LogP contribution is 2.24. The molecule has 2 aliphatic heterocycles. The van der Waals surface area contributed by atoms with Crippen molar-refractivity contribution in [1.82, 2.24) is 9.88 Å². The first-order chi connectivity index (χ1) is 14.1. The minimum Gasteiger partial charge on any atom is -0.372 e. The first-order valence-corrected chi connectivity index (χ1v) is 10.5. The predicted molar refractivity (Wildman–Crippen MR) is 114 cm³/mol. The average molecular weight is 393 g/mol. The number of anilines is 2. The van der Waals surface area contributed by atoms with E-state index in [-0.39, 0.29) is 11.8 Å². The topological polar surface area (TPSA) is 65.5 Å². The van der Waals surface area contributed by atoms with Crippen LogP contribution in [0.5, 0.6) is 0 Å². The number of hydrogen-bond acceptors (Lipinski definition) is 4. The summed E-state index contributed by atoms with van der Waals surface area (Å²) in [6, 6.07) is 11.2. The molecule has 0 atom stereocenters. The van der Waals surface area contributed by atoms with Crippen LogP contribution in [-0.2, 0) is 0 Å². The lowest BCUT2D eigenvalue weighted by Crippen LogP contribution is -2.32. The van der Waals surface area contributed by atoms with Gasteiger partial charge in [-0.15, -0.1) is 0 Å². The molecule has 3 heterocycles. The summed E-state index contributed by atoms with van der Waals surface area (Å²) in [7, 11) is 0. The van der Waals surface area contributed by atoms with Gasteiger partial charge in [-0.3, -0.25) is 14.6 Å². The number of rotatable bonds is 4. The number of piperidine rings is 1. The van der Waals surface area contributed by atoms with Gasteiger partial charge < -0.3 is 15.1 Å². The fourth-order valence-corrected chi connectivity index (χ4v) is 4.00. The number of benzene rings is 1. The summed E-state index contributed by atoms with van der Waals surface area (Å²) in [6.45, 7) is 5.99. The molecule has 152 valence electrons. The number of amides is 2. The summed E-state index contributed by atoms with van der Waals surface area (Å²) in [5, 5.41) is 2.92. The molecule has 0 aliphatic carbocycles. The predicted octanol–water partition coefficient (Wildman–Crippen LogP) is 3.81. The molecule has 0 saturated carbocycles. The van der Waals surface area contributed by atoms with Gasteiger partial charge in [-0.05, 0) is 68.0 Å². The molecule has 6 nitrogen and oxygen atoms in total. The molecule has 1 aromatic heterocycles. The minimum absolute atomic E-state index is 0.0997. The van der Waals surface area contributed by atoms with Crippen LogP contribution >= 0.6 is 0 Å². The van der Waals surface area contributed by atoms with Gasteiger partial charge in [-0.25, -0.2) is 0 Å². The highest BCUT2D eigenvalue weighted by atomic mass is 16.2. The zero-order valence-corrected chi connectivity index (χ0v) is 16.9. The van der Waals surface area contributed by atoms with Gasteiger partial charge in [-0.1, -0.05) is 6.92 Å². The minimum atomic E-state index is -0.234. The summed E-state index contributed by atoms with van der Waals surface area (Å²) in [5.74, 6) is 0.465. The lowest BCUT2D eigenvalue weighted by Gasteiger charge is -2.32. The standard InChI is InChI=1S/C23H28N4O2/c1-17-9-14-26(15-10-17)20-6-4-19(5-7-20)25-22(28)18-8-11-24-21(16-18)23(29)27-12-2-3-13-27/h4-8,11,16-17H,2-3,9-10,12-15H2,1H3,(H,25,28). The number of aromatic nitrogens is 1. The second kappa shape index (κ2) is 8.64. The molecule has 6 heteroatoms. The molecular formula is C23H28N4O2. The number of likely N-dealkylation sites (tertiary alicyclic amines) is 1. The van der Waals surface area contributed by atoms with Crippen LogP contribution < -0.4 is 10.2 Å². The molecular weight excluding hydrogens is 364 g/mol. The van der Waals surface area contributed by atoms with E-state index in [0.29, 0.717) is 11.3 Å². The summed E-state index contributed by atoms with van der Waals surface area (Å²) < 4.78 is 0. The Hall–Kier alpha value is -2.89. The normalized spacial score (nSPS) is 17.4. The summed E-state index contributed by atoms with van der Waals surface area (Å²) >= 11 is 0. The number of nitrogens with one attached hydrogen (secondary N) is 1. The number of hydrogen-bond donors (Lipinski definition) is 1. The zero-order chi connectivity index (χ0) is 20.2. The lowest BCUT2D eigenvalue weighted by atomic mass is 9.99. The van der Waals surface area contributed by atoms with Gasteiger partial charge in [0.05, 0.1) is 0 Å². The van der Waals surface area contributed by atoms with Crippen molar-refractivity contribution < 1.29 is 9.59 Å². The van der Waals surface area contributed by atoms with Crippen molar-refractivity contribution in [2.45, 2.75) is 32.6 Å². The van der Waals surface area contributed by atoms with Crippen molar-refractivity contribution >= 4 is 23.2 Å². The molecule has 2 fully saturated rings. The number of carbonyl (C=O) groups excluding carboxylic acids is 2. The first kappa shape index (κ1) is 19.4. The van der Waals surface area contributed by atoms with Gasteiger partial charge in [-0.2, -0.15) is 0 Å². The molecule has 1 aromatic carbocycles. The van der Waals surface area contributed by atoms with E-state index in [0.717, 1.165) is 50.6 Å². The van der Waals surface area contributed by atoms with E-state index in [4.69, 9.17) is 0 Å². The molecule has 1 N–H and O–H groups in total. The van der Waals surface area contributed by atoms with Crippen molar-refractivity contribution in [2.75, 3.05) is 36.4 Å². The van der Waals surface area contributed by atoms with Crippen LogP contribution in [0.3, 0.4) is 0 Å². The average Bonchev–Trinajstić information content (AvgIpc) is 3.29. The van der Waals surface area contributed by atoms with Gasteiger partial charge in [0.15, 0.2) is 0 Å². The third kappa shape index (κ3) is 4.58. The Kier molecular flexibility index (Phi) is 5.79. The van der Waals surface area contributed by atoms with Gasteiger partial charge >= 0.3 is 0 Å². The van der Waals surface area contributed by atoms with Gasteiger partial charge in [0.1, 0.15) is 5.69 Å². The smallest absolute Gasteiger partial charge is 0.272 e. The van der Waals surface area contributed by atoms with E-state index in [1.165, 1.54) is 24.7 Å². The molecule has 0 unspecified atom stereocenters. The van der Waals surface area contributed by atoms with Crippen molar-refractivity contribution in [2.24, 2.45) is 5.92 Å². The van der Waals surface area contributed by atoms with Crippen LogP contribution in [0.2, 0.25) is 0 Å². The zero-order valence-electron chi connectivity index (χ0n) is 16.9. The monoisotopic (exact) mass is 392 g/mol. The van der Waals surface area contributed by atoms with Crippen LogP contribution in [0, 0.1) is 5.92 Å². The van der Waals surface area contributed by atoms with Crippen LogP contribution in [0.4, 0.5) is 11.4 Å². The van der Waals surface area contributed by atoms with E-state index in [1.54, 1.807) is 17.0 Å². The Morgan fingerprint density at radius 3 is 2.38 bits per heavy atom. The highest BCUT2D eigenvalue weighted by molar-refractivity contribution is 6.05. The second-order valence-corrected chi connectivity index (χ2v) is 8.10. The van der Waals surface area contributed by atoms with Crippen LogP contribution in [0.15, 0.2) is 42.6 Å². The maximum absolute atomic E-state index is 12.7. The Morgan fingerprint density at radius 1 is 1.00 bits per heavy atom. The number of pyridine rings is 1. The summed E-state index contributed by atoms with van der Waals surface area (Å²) in [4.78, 5) is 33.5. The maximum Gasteiger partial charge on any atom is 0.272 e. The highest BCUT2D eigenvalue weighted by Gasteiger charge is 2.21. The molecule has 29 heavy (non-hydrogen) atoms. The Morgan fingerprint density at radius 2 is 1.69 bits per heavy atom. The molecule has 0 radical (unpaired) electrons. The third-order valence-electron chi connectivity index (χ3n) is 5.91. The van der Waals surface area contributed by atoms with E-state index in [9.17, 15) is 9.59 Å². The fraction of sp³-hybridized carbons (Fsp3) is 0.435. The second-order valence-electron chi connectivity index (χ2n) is 8.10. The largest absolute Gasteiger partial charge is 0.372 e. The van der Waals surface area contributed by atoms with E-state index in [1.807, 2.05) is 12.1 Å². The number of carbonyl (C=O) groups is 2. The van der Waals surface area contributed by atoms with Crippen LogP contribution in [0.25, 0.3) is 0 Å². The first-order valence-electron chi connectivity index (χ1n) is 10.5. The molecule has 4 rings (SSSR count). The van der Waals surface area contributed by atoms with E-state index >= 15 is 0 Å². The van der Waals surface area contributed by atoms with Gasteiger partial charge in [0.2, 0.25) is 0 Å². The van der Waals surface area contributed by atoms with Gasteiger partial charge in [0.25, 0.3) is 11.8 Å². The van der Waals surface area contributed by atoms with Crippen molar-refractivity contribution in [3.8, 4) is 0 Å². The van der Waals surface area contributed by atoms with E-state index in [2.05, 4.69) is 34.3 Å². The Labute approximate surface area is 171 Å². The lowest BCUT2D eigenvalue weighted by molar-refractivity contribution is 0.0787. The molecule has 2 saturated heterocycles. The summed E-state index contributed by atoms with van der Waals surface area (Å²) in [6.07, 6.45) is 6.02. The summed E-state index contributed by atoms with van der Waals surface area (Å²) in [5.41, 5.74) is 2.71. The Balaban J connectivity index is 1.40. The Bertz CT molecular complexity index is 867. The number of nitrogens with zero attached hydrogens (tertiary/aromatic N) is 3. The van der Waals surface area contributed by atoms with Crippen LogP contribution in [-0.4, -0.2) is 47.9 Å². The molecule has 0 spiro atoms. The van der Waals surface area contributed by atoms with Crippen molar-refractivity contribution in [3.05, 3.63) is 53.9 Å². The molecule has 2 amide bonds. The fourth-order valence-electron chi connectivity index (χ4n) is 4.00. The molecule has 2 aliphatic rings. The third-order valence-corrected chi connectivity index (χ3v) is 5.91. The SMILES string of the molecule is CC1CCN(c2ccc(NC(=O)c3ccnc(C(=O)N4CCCC4)c3)cc2)CC1. The van der Waals surface area contributed by atoms with E-state index < -0.39 is 0 Å². The molecule has 0 bridgehead atoms. The quantitative estimate of drug-likeness (QED) is 0.859. The van der Waals surface area contributed by atoms with Crippen molar-refractivity contribution in [3.63, 3.8) is 0 Å². The van der Waals surface area contributed by atoms with Crippen LogP contribution in [0.1, 0.15) is 53.5 Å². The maximum atomic E-state index is 12.7. The van der Waals surface area contributed by atoms with Gasteiger partial charge in [0, 0.05) is 49.3 Å². The molecule has 2 aromatic rings.